The first kappa shape index (κ1) is 15.8. The quantitative estimate of drug-likeness (QED) is 0.873. The first-order valence-electron chi connectivity index (χ1n) is 7.09. The van der Waals surface area contributed by atoms with Crippen molar-refractivity contribution in [3.05, 3.63) is 45.0 Å². The Bertz CT molecular complexity index is 738. The third-order valence-electron chi connectivity index (χ3n) is 4.13. The van der Waals surface area contributed by atoms with E-state index >= 15 is 0 Å². The van der Waals surface area contributed by atoms with Gasteiger partial charge in [-0.1, -0.05) is 12.1 Å². The molecule has 1 saturated heterocycles. The molecule has 1 aliphatic heterocycles. The molecule has 1 unspecified atom stereocenters. The number of benzene rings is 1. The third-order valence-corrected chi connectivity index (χ3v) is 4.13. The number of aromatic nitrogens is 2. The van der Waals surface area contributed by atoms with Crippen LogP contribution in [0.2, 0.25) is 0 Å². The number of H-pyrrole nitrogens is 1. The van der Waals surface area contributed by atoms with E-state index < -0.39 is 0 Å². The number of hydrogen-bond donors (Lipinski definition) is 1. The standard InChI is InChI=1S/C15H19N3O2.ClH/c1-17-9-4-5-11(8-10-17)18-15(20)13-7-3-2-6-12(13)14(19)16-18;/h2-3,6-7,11H,4-5,8-10H2,1H3,(H,16,19);1H. The average Bonchev–Trinajstić information content (AvgIpc) is 2.68. The van der Waals surface area contributed by atoms with Crippen LogP contribution in [0.3, 0.4) is 0 Å². The summed E-state index contributed by atoms with van der Waals surface area (Å²) in [5, 5.41) is 3.74. The molecule has 2 aromatic rings. The number of nitrogens with one attached hydrogen (secondary N) is 1. The molecule has 0 spiro atoms. The van der Waals surface area contributed by atoms with Gasteiger partial charge in [-0.15, -0.1) is 12.4 Å². The van der Waals surface area contributed by atoms with E-state index in [1.165, 1.54) is 0 Å². The number of halogens is 1. The molecule has 6 heteroatoms. The molecule has 2 heterocycles. The lowest BCUT2D eigenvalue weighted by Crippen LogP contribution is -2.33. The molecule has 1 atom stereocenters. The molecule has 1 N–H and O–H groups in total. The molecule has 3 rings (SSSR count). The van der Waals surface area contributed by atoms with Gasteiger partial charge >= 0.3 is 0 Å². The second-order valence-corrected chi connectivity index (χ2v) is 5.55. The smallest absolute Gasteiger partial charge is 0.273 e. The summed E-state index contributed by atoms with van der Waals surface area (Å²) in [7, 11) is 2.09. The number of nitrogens with zero attached hydrogens (tertiary/aromatic N) is 2. The maximum atomic E-state index is 12.6. The van der Waals surface area contributed by atoms with Crippen molar-refractivity contribution in [1.82, 2.24) is 14.7 Å². The van der Waals surface area contributed by atoms with Crippen molar-refractivity contribution in [3.63, 3.8) is 0 Å². The Morgan fingerprint density at radius 3 is 2.57 bits per heavy atom. The van der Waals surface area contributed by atoms with Crippen LogP contribution in [-0.2, 0) is 0 Å². The summed E-state index contributed by atoms with van der Waals surface area (Å²) in [6.07, 6.45) is 2.87. The molecule has 0 aliphatic carbocycles. The van der Waals surface area contributed by atoms with Crippen molar-refractivity contribution in [2.75, 3.05) is 20.1 Å². The number of aromatic amines is 1. The van der Waals surface area contributed by atoms with Crippen LogP contribution in [0.1, 0.15) is 25.3 Å². The molecule has 0 amide bonds. The number of rotatable bonds is 1. The molecule has 0 saturated carbocycles. The van der Waals surface area contributed by atoms with Gasteiger partial charge in [-0.25, -0.2) is 4.68 Å². The van der Waals surface area contributed by atoms with E-state index in [0.717, 1.165) is 32.4 Å². The van der Waals surface area contributed by atoms with Crippen molar-refractivity contribution >= 4 is 23.2 Å². The Balaban J connectivity index is 0.00000161. The maximum Gasteiger partial charge on any atom is 0.273 e. The molecule has 114 valence electrons. The molecule has 0 bridgehead atoms. The van der Waals surface area contributed by atoms with Crippen molar-refractivity contribution in [3.8, 4) is 0 Å². The minimum absolute atomic E-state index is 0. The monoisotopic (exact) mass is 309 g/mol. The van der Waals surface area contributed by atoms with Crippen LogP contribution in [0.4, 0.5) is 0 Å². The zero-order valence-corrected chi connectivity index (χ0v) is 12.9. The van der Waals surface area contributed by atoms with Crippen LogP contribution in [-0.4, -0.2) is 34.8 Å². The van der Waals surface area contributed by atoms with Gasteiger partial charge in [0.2, 0.25) is 0 Å². The highest BCUT2D eigenvalue weighted by Gasteiger charge is 2.19. The van der Waals surface area contributed by atoms with Gasteiger partial charge in [-0.2, -0.15) is 0 Å². The lowest BCUT2D eigenvalue weighted by molar-refractivity contribution is 0.334. The van der Waals surface area contributed by atoms with E-state index in [9.17, 15) is 9.59 Å². The third kappa shape index (κ3) is 3.04. The van der Waals surface area contributed by atoms with Crippen LogP contribution in [0, 0.1) is 0 Å². The van der Waals surface area contributed by atoms with Crippen LogP contribution in [0.15, 0.2) is 33.9 Å². The van der Waals surface area contributed by atoms with Gasteiger partial charge in [-0.05, 0) is 51.5 Å². The van der Waals surface area contributed by atoms with Gasteiger partial charge in [0.25, 0.3) is 11.1 Å². The molecule has 0 radical (unpaired) electrons. The Morgan fingerprint density at radius 2 is 1.81 bits per heavy atom. The van der Waals surface area contributed by atoms with Crippen LogP contribution >= 0.6 is 12.4 Å². The minimum atomic E-state index is -0.183. The molecule has 1 aromatic heterocycles. The van der Waals surface area contributed by atoms with Crippen molar-refractivity contribution in [2.24, 2.45) is 0 Å². The molecule has 5 nitrogen and oxygen atoms in total. The van der Waals surface area contributed by atoms with Gasteiger partial charge < -0.3 is 4.90 Å². The Labute approximate surface area is 129 Å². The van der Waals surface area contributed by atoms with Gasteiger partial charge in [0.1, 0.15) is 0 Å². The fourth-order valence-electron chi connectivity index (χ4n) is 2.96. The molecule has 1 aliphatic rings. The van der Waals surface area contributed by atoms with Gasteiger partial charge in [0.05, 0.1) is 16.8 Å². The predicted octanol–water partition coefficient (Wildman–Crippen LogP) is 1.77. The van der Waals surface area contributed by atoms with E-state index in [-0.39, 0.29) is 29.6 Å². The van der Waals surface area contributed by atoms with Gasteiger partial charge in [0, 0.05) is 0 Å². The van der Waals surface area contributed by atoms with Gasteiger partial charge in [-0.3, -0.25) is 14.7 Å². The van der Waals surface area contributed by atoms with Crippen molar-refractivity contribution in [1.29, 1.82) is 0 Å². The molecular weight excluding hydrogens is 290 g/mol. The van der Waals surface area contributed by atoms with E-state index in [0.29, 0.717) is 10.8 Å². The van der Waals surface area contributed by atoms with Crippen LogP contribution < -0.4 is 11.1 Å². The number of likely N-dealkylation sites (tertiary alicyclic amines) is 1. The summed E-state index contributed by atoms with van der Waals surface area (Å²) in [4.78, 5) is 26.9. The summed E-state index contributed by atoms with van der Waals surface area (Å²) in [5.41, 5.74) is -0.271. The zero-order chi connectivity index (χ0) is 14.1. The zero-order valence-electron chi connectivity index (χ0n) is 12.0. The Morgan fingerprint density at radius 1 is 1.10 bits per heavy atom. The lowest BCUT2D eigenvalue weighted by Gasteiger charge is -2.18. The first-order chi connectivity index (χ1) is 9.66. The lowest BCUT2D eigenvalue weighted by atomic mass is 10.1. The Kier molecular flexibility index (Phi) is 4.85. The molecule has 1 fully saturated rings. The van der Waals surface area contributed by atoms with E-state index in [1.807, 2.05) is 0 Å². The number of hydrogen-bond acceptors (Lipinski definition) is 3. The second-order valence-electron chi connectivity index (χ2n) is 5.55. The van der Waals surface area contributed by atoms with Crippen LogP contribution in [0.5, 0.6) is 0 Å². The summed E-state index contributed by atoms with van der Waals surface area (Å²) >= 11 is 0. The topological polar surface area (TPSA) is 58.1 Å². The number of fused-ring (bicyclic) bond motifs is 1. The summed E-state index contributed by atoms with van der Waals surface area (Å²) in [6.45, 7) is 2.00. The molecule has 1 aromatic carbocycles. The second kappa shape index (κ2) is 6.45. The highest BCUT2D eigenvalue weighted by atomic mass is 35.5. The van der Waals surface area contributed by atoms with E-state index in [4.69, 9.17) is 0 Å². The van der Waals surface area contributed by atoms with Crippen LogP contribution in [0.25, 0.3) is 10.8 Å². The first-order valence-corrected chi connectivity index (χ1v) is 7.09. The van der Waals surface area contributed by atoms with Crippen molar-refractivity contribution in [2.45, 2.75) is 25.3 Å². The minimum Gasteiger partial charge on any atom is -0.306 e. The summed E-state index contributed by atoms with van der Waals surface area (Å²) in [5.74, 6) is 0. The molecule has 21 heavy (non-hydrogen) atoms. The molecular formula is C15H20ClN3O2. The normalized spacial score (nSPS) is 20.0. The van der Waals surface area contributed by atoms with Gasteiger partial charge in [0.15, 0.2) is 0 Å². The highest BCUT2D eigenvalue weighted by Crippen LogP contribution is 2.19. The fraction of sp³-hybridized carbons (Fsp3) is 0.467. The Hall–Kier alpha value is -1.59. The SMILES string of the molecule is CN1CCCC(n2[nH]c(=O)c3ccccc3c2=O)CC1.Cl. The fourth-order valence-corrected chi connectivity index (χ4v) is 2.96. The van der Waals surface area contributed by atoms with E-state index in [1.54, 1.807) is 28.9 Å². The van der Waals surface area contributed by atoms with E-state index in [2.05, 4.69) is 17.0 Å². The summed E-state index contributed by atoms with van der Waals surface area (Å²) < 4.78 is 1.55. The summed E-state index contributed by atoms with van der Waals surface area (Å²) in [6, 6.07) is 7.09. The largest absolute Gasteiger partial charge is 0.306 e. The highest BCUT2D eigenvalue weighted by molar-refractivity contribution is 5.85. The average molecular weight is 310 g/mol. The predicted molar refractivity (Wildman–Crippen MR) is 86.5 cm³/mol. The maximum absolute atomic E-state index is 12.6. The van der Waals surface area contributed by atoms with Crippen molar-refractivity contribution < 1.29 is 0 Å².